The highest BCUT2D eigenvalue weighted by Gasteiger charge is 2.33. The highest BCUT2D eigenvalue weighted by molar-refractivity contribution is 7.84. The van der Waals surface area contributed by atoms with Gasteiger partial charge < -0.3 is 5.32 Å². The zero-order chi connectivity index (χ0) is 10.0. The average Bonchev–Trinajstić information content (AvgIpc) is 2.04. The Balaban J connectivity index is 3.13. The number of carbonyl (C=O) groups excluding carboxylic acids is 1. The Hall–Kier alpha value is -1.46. The molecule has 0 aromatic carbocycles. The van der Waals surface area contributed by atoms with Gasteiger partial charge in [0.1, 0.15) is 5.92 Å². The molecule has 0 radical (unpaired) electrons. The van der Waals surface area contributed by atoms with E-state index in [0.717, 1.165) is 0 Å². The second kappa shape index (κ2) is 3.51. The Morgan fingerprint density at radius 3 is 2.62 bits per heavy atom. The van der Waals surface area contributed by atoms with E-state index in [2.05, 4.69) is 17.9 Å². The van der Waals surface area contributed by atoms with Gasteiger partial charge >= 0.3 is 0 Å². The summed E-state index contributed by atoms with van der Waals surface area (Å²) >= 11 is 3.95. The first-order chi connectivity index (χ1) is 6.11. The van der Waals surface area contributed by atoms with E-state index >= 15 is 0 Å². The van der Waals surface area contributed by atoms with Gasteiger partial charge in [-0.25, -0.2) is 0 Å². The fourth-order valence-electron chi connectivity index (χ4n) is 1.20. The van der Waals surface area contributed by atoms with Crippen molar-refractivity contribution in [1.29, 1.82) is 10.5 Å². The predicted octanol–water partition coefficient (Wildman–Crippen LogP) is 0.557. The van der Waals surface area contributed by atoms with E-state index in [-0.39, 0.29) is 16.9 Å². The standard InChI is InChI=1S/C8H7N3OS/c1-4-5(2-9)7(12)11-8(13)6(4)3-10/h4-5,13H,1H3,(H,11,12). The van der Waals surface area contributed by atoms with Crippen molar-refractivity contribution in [2.24, 2.45) is 11.8 Å². The zero-order valence-corrected chi connectivity index (χ0v) is 7.80. The van der Waals surface area contributed by atoms with Gasteiger partial charge in [-0.15, -0.1) is 12.6 Å². The van der Waals surface area contributed by atoms with Crippen LogP contribution in [0.15, 0.2) is 10.6 Å². The monoisotopic (exact) mass is 193 g/mol. The highest BCUT2D eigenvalue weighted by Crippen LogP contribution is 2.27. The van der Waals surface area contributed by atoms with Crippen LogP contribution in [0.3, 0.4) is 0 Å². The Morgan fingerprint density at radius 1 is 1.54 bits per heavy atom. The summed E-state index contributed by atoms with van der Waals surface area (Å²) in [5, 5.41) is 20.0. The van der Waals surface area contributed by atoms with Crippen LogP contribution in [0.2, 0.25) is 0 Å². The molecular formula is C8H7N3OS. The number of nitriles is 2. The van der Waals surface area contributed by atoms with Crippen molar-refractivity contribution in [2.75, 3.05) is 0 Å². The minimum atomic E-state index is -0.787. The van der Waals surface area contributed by atoms with Crippen LogP contribution in [0, 0.1) is 34.5 Å². The Labute approximate surface area is 81.3 Å². The Bertz CT molecular complexity index is 361. The largest absolute Gasteiger partial charge is 0.319 e. The summed E-state index contributed by atoms with van der Waals surface area (Å²) in [6.45, 7) is 1.67. The maximum atomic E-state index is 11.2. The van der Waals surface area contributed by atoms with Crippen molar-refractivity contribution in [3.63, 3.8) is 0 Å². The van der Waals surface area contributed by atoms with Crippen LogP contribution in [-0.4, -0.2) is 5.91 Å². The molecule has 0 saturated heterocycles. The second-order valence-electron chi connectivity index (χ2n) is 2.76. The molecule has 1 N–H and O–H groups in total. The lowest BCUT2D eigenvalue weighted by Gasteiger charge is -2.23. The van der Waals surface area contributed by atoms with E-state index in [9.17, 15) is 4.79 Å². The number of amides is 1. The smallest absolute Gasteiger partial charge is 0.242 e. The average molecular weight is 193 g/mol. The number of thiol groups is 1. The molecule has 0 spiro atoms. The number of nitrogens with zero attached hydrogens (tertiary/aromatic N) is 2. The molecule has 0 aliphatic carbocycles. The third-order valence-corrected chi connectivity index (χ3v) is 2.35. The van der Waals surface area contributed by atoms with E-state index in [1.807, 2.05) is 12.1 Å². The molecule has 2 atom stereocenters. The fraction of sp³-hybridized carbons (Fsp3) is 0.375. The SMILES string of the molecule is CC1C(C#N)=C(S)NC(=O)C1C#N. The molecular weight excluding hydrogens is 186 g/mol. The summed E-state index contributed by atoms with van der Waals surface area (Å²) in [5.74, 6) is -1.55. The molecule has 5 heteroatoms. The van der Waals surface area contributed by atoms with Crippen LogP contribution in [0.25, 0.3) is 0 Å². The highest BCUT2D eigenvalue weighted by atomic mass is 32.1. The van der Waals surface area contributed by atoms with Crippen molar-refractivity contribution in [2.45, 2.75) is 6.92 Å². The normalized spacial score (nSPS) is 27.5. The van der Waals surface area contributed by atoms with E-state index < -0.39 is 5.92 Å². The molecule has 1 aliphatic heterocycles. The van der Waals surface area contributed by atoms with Crippen LogP contribution in [0.5, 0.6) is 0 Å². The van der Waals surface area contributed by atoms with Crippen LogP contribution in [0.4, 0.5) is 0 Å². The van der Waals surface area contributed by atoms with Crippen molar-refractivity contribution in [3.05, 3.63) is 10.6 Å². The quantitative estimate of drug-likeness (QED) is 0.552. The second-order valence-corrected chi connectivity index (χ2v) is 3.21. The molecule has 1 aliphatic rings. The molecule has 0 bridgehead atoms. The van der Waals surface area contributed by atoms with Gasteiger partial charge in [0, 0.05) is 5.92 Å². The van der Waals surface area contributed by atoms with Crippen LogP contribution < -0.4 is 5.32 Å². The lowest BCUT2D eigenvalue weighted by molar-refractivity contribution is -0.123. The minimum absolute atomic E-state index is 0.256. The molecule has 1 rings (SSSR count). The molecule has 4 nitrogen and oxygen atoms in total. The molecule has 0 fully saturated rings. The van der Waals surface area contributed by atoms with Gasteiger partial charge in [-0.3, -0.25) is 4.79 Å². The Kier molecular flexibility index (Phi) is 2.60. The third-order valence-electron chi connectivity index (χ3n) is 1.99. The predicted molar refractivity (Wildman–Crippen MR) is 48.0 cm³/mol. The van der Waals surface area contributed by atoms with E-state index in [1.54, 1.807) is 6.92 Å². The van der Waals surface area contributed by atoms with Gasteiger partial charge in [-0.05, 0) is 0 Å². The maximum Gasteiger partial charge on any atom is 0.242 e. The first kappa shape index (κ1) is 9.63. The van der Waals surface area contributed by atoms with Gasteiger partial charge in [-0.1, -0.05) is 6.92 Å². The van der Waals surface area contributed by atoms with Gasteiger partial charge in [0.25, 0.3) is 0 Å². The number of allylic oxidation sites excluding steroid dienone is 1. The number of carbonyl (C=O) groups is 1. The summed E-state index contributed by atoms with van der Waals surface area (Å²) in [5.41, 5.74) is 0.356. The molecule has 0 aromatic rings. The first-order valence-electron chi connectivity index (χ1n) is 3.65. The maximum absolute atomic E-state index is 11.2. The number of rotatable bonds is 0. The lowest BCUT2D eigenvalue weighted by atomic mass is 9.86. The van der Waals surface area contributed by atoms with Gasteiger partial charge in [0.05, 0.1) is 22.7 Å². The van der Waals surface area contributed by atoms with Crippen molar-refractivity contribution in [3.8, 4) is 12.1 Å². The van der Waals surface area contributed by atoms with Gasteiger partial charge in [0.2, 0.25) is 5.91 Å². The van der Waals surface area contributed by atoms with Crippen LogP contribution in [0.1, 0.15) is 6.92 Å². The molecule has 13 heavy (non-hydrogen) atoms. The molecule has 2 unspecified atom stereocenters. The first-order valence-corrected chi connectivity index (χ1v) is 4.10. The van der Waals surface area contributed by atoms with Crippen molar-refractivity contribution in [1.82, 2.24) is 5.32 Å². The van der Waals surface area contributed by atoms with E-state index in [0.29, 0.717) is 5.57 Å². The number of hydrogen-bond donors (Lipinski definition) is 2. The van der Waals surface area contributed by atoms with E-state index in [4.69, 9.17) is 10.5 Å². The van der Waals surface area contributed by atoms with E-state index in [1.165, 1.54) is 0 Å². The molecule has 66 valence electrons. The lowest BCUT2D eigenvalue weighted by Crippen LogP contribution is -2.38. The summed E-state index contributed by atoms with van der Waals surface area (Å²) < 4.78 is 0. The summed E-state index contributed by atoms with van der Waals surface area (Å²) in [4.78, 5) is 11.2. The molecule has 1 heterocycles. The Morgan fingerprint density at radius 2 is 2.15 bits per heavy atom. The van der Waals surface area contributed by atoms with Crippen molar-refractivity contribution < 1.29 is 4.79 Å². The van der Waals surface area contributed by atoms with Gasteiger partial charge in [0.15, 0.2) is 0 Å². The van der Waals surface area contributed by atoms with Gasteiger partial charge in [-0.2, -0.15) is 10.5 Å². The van der Waals surface area contributed by atoms with Crippen LogP contribution >= 0.6 is 12.6 Å². The number of nitrogens with one attached hydrogen (secondary N) is 1. The molecule has 1 amide bonds. The molecule has 0 saturated carbocycles. The zero-order valence-electron chi connectivity index (χ0n) is 6.90. The minimum Gasteiger partial charge on any atom is -0.319 e. The summed E-state index contributed by atoms with van der Waals surface area (Å²) in [6.07, 6.45) is 0. The summed E-state index contributed by atoms with van der Waals surface area (Å²) in [6, 6.07) is 3.78. The van der Waals surface area contributed by atoms with Crippen LogP contribution in [-0.2, 0) is 4.79 Å². The topological polar surface area (TPSA) is 76.7 Å². The number of hydrogen-bond acceptors (Lipinski definition) is 4. The fourth-order valence-corrected chi connectivity index (χ4v) is 1.56. The summed E-state index contributed by atoms with van der Waals surface area (Å²) in [7, 11) is 0. The molecule has 0 aromatic heterocycles. The third kappa shape index (κ3) is 1.51. The van der Waals surface area contributed by atoms with Crippen molar-refractivity contribution >= 4 is 18.5 Å².